The molecule has 0 heterocycles. The number of aliphatic hydroxyl groups is 1. The predicted molar refractivity (Wildman–Crippen MR) is 85.1 cm³/mol. The van der Waals surface area contributed by atoms with Gasteiger partial charge >= 0.3 is 0 Å². The number of rotatable bonds is 5. The molecular formula is C16H21NO2S. The summed E-state index contributed by atoms with van der Waals surface area (Å²) >= 11 is 1.73. The zero-order chi connectivity index (χ0) is 15.0. The summed E-state index contributed by atoms with van der Waals surface area (Å²) in [6.45, 7) is 3.83. The fraction of sp³-hybridized carbons (Fsp3) is 0.438. The van der Waals surface area contributed by atoms with Gasteiger partial charge in [0.05, 0.1) is 0 Å². The molecule has 1 unspecified atom stereocenters. The second kappa shape index (κ2) is 8.68. The highest BCUT2D eigenvalue weighted by atomic mass is 32.2. The summed E-state index contributed by atoms with van der Waals surface area (Å²) in [5, 5.41) is 11.7. The van der Waals surface area contributed by atoms with Crippen LogP contribution in [0.4, 0.5) is 0 Å². The van der Waals surface area contributed by atoms with Crippen LogP contribution in [0.5, 0.6) is 0 Å². The van der Waals surface area contributed by atoms with E-state index in [1.54, 1.807) is 17.8 Å². The Bertz CT molecular complexity index is 517. The van der Waals surface area contributed by atoms with Crippen molar-refractivity contribution in [1.82, 2.24) is 5.32 Å². The average molecular weight is 291 g/mol. The Morgan fingerprint density at radius 1 is 1.50 bits per heavy atom. The molecule has 1 atom stereocenters. The lowest BCUT2D eigenvalue weighted by Gasteiger charge is -2.16. The second-order valence-corrected chi connectivity index (χ2v) is 5.43. The minimum atomic E-state index is -0.158. The number of carbonyl (C=O) groups excluding carboxylic acids is 1. The van der Waals surface area contributed by atoms with Gasteiger partial charge in [0.15, 0.2) is 0 Å². The molecule has 20 heavy (non-hydrogen) atoms. The Kier molecular flexibility index (Phi) is 7.21. The quantitative estimate of drug-likeness (QED) is 0.818. The molecule has 108 valence electrons. The Morgan fingerprint density at radius 3 is 2.80 bits per heavy atom. The SMILES string of the molecule is CCC(CSC)NC(=O)c1ccc(C#CCO)c(C)c1. The van der Waals surface area contributed by atoms with Gasteiger partial charge in [0, 0.05) is 22.9 Å². The lowest BCUT2D eigenvalue weighted by Crippen LogP contribution is -2.36. The Balaban J connectivity index is 2.81. The van der Waals surface area contributed by atoms with Crippen LogP contribution in [0.2, 0.25) is 0 Å². The number of hydrogen-bond acceptors (Lipinski definition) is 3. The van der Waals surface area contributed by atoms with Crippen LogP contribution in [0.15, 0.2) is 18.2 Å². The van der Waals surface area contributed by atoms with E-state index in [1.165, 1.54) is 0 Å². The molecule has 2 N–H and O–H groups in total. The van der Waals surface area contributed by atoms with Gasteiger partial charge in [-0.15, -0.1) is 0 Å². The van der Waals surface area contributed by atoms with Crippen molar-refractivity contribution in [2.75, 3.05) is 18.6 Å². The Labute approximate surface area is 125 Å². The first-order chi connectivity index (χ1) is 9.62. The standard InChI is InChI=1S/C16H21NO2S/c1-4-15(11-20-3)17-16(19)14-8-7-13(6-5-9-18)12(2)10-14/h7-8,10,15,18H,4,9,11H2,1-3H3,(H,17,19). The maximum atomic E-state index is 12.2. The summed E-state index contributed by atoms with van der Waals surface area (Å²) in [4.78, 5) is 12.2. The van der Waals surface area contributed by atoms with Crippen LogP contribution < -0.4 is 5.32 Å². The molecule has 0 saturated carbocycles. The Morgan fingerprint density at radius 2 is 2.25 bits per heavy atom. The number of hydrogen-bond donors (Lipinski definition) is 2. The van der Waals surface area contributed by atoms with E-state index in [9.17, 15) is 4.79 Å². The van der Waals surface area contributed by atoms with E-state index < -0.39 is 0 Å². The van der Waals surface area contributed by atoms with E-state index in [-0.39, 0.29) is 18.6 Å². The first-order valence-electron chi connectivity index (χ1n) is 6.62. The van der Waals surface area contributed by atoms with Gasteiger partial charge in [-0.2, -0.15) is 11.8 Å². The first kappa shape index (κ1) is 16.6. The summed E-state index contributed by atoms with van der Waals surface area (Å²) in [5.41, 5.74) is 2.43. The van der Waals surface area contributed by atoms with Crippen molar-refractivity contribution in [2.45, 2.75) is 26.3 Å². The summed E-state index contributed by atoms with van der Waals surface area (Å²) < 4.78 is 0. The molecule has 0 aliphatic carbocycles. The van der Waals surface area contributed by atoms with Crippen LogP contribution in [-0.2, 0) is 0 Å². The molecule has 1 aromatic carbocycles. The number of benzene rings is 1. The highest BCUT2D eigenvalue weighted by molar-refractivity contribution is 7.98. The molecule has 1 aromatic rings. The van der Waals surface area contributed by atoms with Crippen molar-refractivity contribution in [1.29, 1.82) is 0 Å². The maximum absolute atomic E-state index is 12.2. The van der Waals surface area contributed by atoms with Gasteiger partial charge in [-0.05, 0) is 43.4 Å². The smallest absolute Gasteiger partial charge is 0.251 e. The zero-order valence-electron chi connectivity index (χ0n) is 12.2. The van der Waals surface area contributed by atoms with Crippen LogP contribution >= 0.6 is 11.8 Å². The molecule has 0 spiro atoms. The highest BCUT2D eigenvalue weighted by Gasteiger charge is 2.12. The number of carbonyl (C=O) groups is 1. The number of aliphatic hydroxyl groups excluding tert-OH is 1. The fourth-order valence-electron chi connectivity index (χ4n) is 1.81. The maximum Gasteiger partial charge on any atom is 0.251 e. The van der Waals surface area contributed by atoms with E-state index in [0.717, 1.165) is 23.3 Å². The molecule has 1 rings (SSSR count). The van der Waals surface area contributed by atoms with Gasteiger partial charge in [-0.3, -0.25) is 4.79 Å². The second-order valence-electron chi connectivity index (χ2n) is 4.52. The monoisotopic (exact) mass is 291 g/mol. The van der Waals surface area contributed by atoms with E-state index in [1.807, 2.05) is 25.3 Å². The van der Waals surface area contributed by atoms with Gasteiger partial charge < -0.3 is 10.4 Å². The molecule has 0 aromatic heterocycles. The molecular weight excluding hydrogens is 270 g/mol. The molecule has 3 nitrogen and oxygen atoms in total. The van der Waals surface area contributed by atoms with Gasteiger partial charge in [-0.25, -0.2) is 0 Å². The molecule has 0 fully saturated rings. The number of thioether (sulfide) groups is 1. The van der Waals surface area contributed by atoms with Crippen molar-refractivity contribution in [3.05, 3.63) is 34.9 Å². The van der Waals surface area contributed by atoms with Crippen LogP contribution in [0, 0.1) is 18.8 Å². The number of nitrogens with one attached hydrogen (secondary N) is 1. The molecule has 0 bridgehead atoms. The summed E-state index contributed by atoms with van der Waals surface area (Å²) in [7, 11) is 0. The molecule has 0 radical (unpaired) electrons. The van der Waals surface area contributed by atoms with E-state index in [0.29, 0.717) is 5.56 Å². The topological polar surface area (TPSA) is 49.3 Å². The molecule has 1 amide bonds. The predicted octanol–water partition coefficient (Wildman–Crippen LogP) is 2.21. The van der Waals surface area contributed by atoms with Gasteiger partial charge in [0.1, 0.15) is 6.61 Å². The summed E-state index contributed by atoms with van der Waals surface area (Å²) in [6.07, 6.45) is 2.96. The Hall–Kier alpha value is -1.44. The van der Waals surface area contributed by atoms with Crippen LogP contribution in [-0.4, -0.2) is 35.7 Å². The van der Waals surface area contributed by atoms with Crippen molar-refractivity contribution < 1.29 is 9.90 Å². The summed E-state index contributed by atoms with van der Waals surface area (Å²) in [5.74, 6) is 6.35. The van der Waals surface area contributed by atoms with E-state index >= 15 is 0 Å². The minimum absolute atomic E-state index is 0.0457. The first-order valence-corrected chi connectivity index (χ1v) is 8.01. The van der Waals surface area contributed by atoms with Gasteiger partial charge in [0.25, 0.3) is 5.91 Å². The normalized spacial score (nSPS) is 11.4. The largest absolute Gasteiger partial charge is 0.384 e. The molecule has 0 aliphatic rings. The number of aryl methyl sites for hydroxylation is 1. The fourth-order valence-corrected chi connectivity index (χ4v) is 2.53. The number of amides is 1. The highest BCUT2D eigenvalue weighted by Crippen LogP contribution is 2.11. The van der Waals surface area contributed by atoms with Gasteiger partial charge in [-0.1, -0.05) is 18.8 Å². The third-order valence-electron chi connectivity index (χ3n) is 2.99. The minimum Gasteiger partial charge on any atom is -0.384 e. The van der Waals surface area contributed by atoms with Gasteiger partial charge in [0.2, 0.25) is 0 Å². The molecule has 4 heteroatoms. The molecule has 0 aliphatic heterocycles. The van der Waals surface area contributed by atoms with Crippen molar-refractivity contribution in [3.8, 4) is 11.8 Å². The average Bonchev–Trinajstić information content (AvgIpc) is 2.45. The van der Waals surface area contributed by atoms with Crippen molar-refractivity contribution in [2.24, 2.45) is 0 Å². The van der Waals surface area contributed by atoms with Crippen LogP contribution in [0.1, 0.15) is 34.8 Å². The van der Waals surface area contributed by atoms with Crippen molar-refractivity contribution >= 4 is 17.7 Å². The summed E-state index contributed by atoms with van der Waals surface area (Å²) in [6, 6.07) is 5.63. The lowest BCUT2D eigenvalue weighted by molar-refractivity contribution is 0.0940. The molecule has 0 saturated heterocycles. The van der Waals surface area contributed by atoms with Crippen molar-refractivity contribution in [3.63, 3.8) is 0 Å². The van der Waals surface area contributed by atoms with Crippen LogP contribution in [0.25, 0.3) is 0 Å². The third kappa shape index (κ3) is 4.92. The lowest BCUT2D eigenvalue weighted by atomic mass is 10.0. The zero-order valence-corrected chi connectivity index (χ0v) is 13.0. The van der Waals surface area contributed by atoms with E-state index in [2.05, 4.69) is 24.1 Å². The van der Waals surface area contributed by atoms with Crippen LogP contribution in [0.3, 0.4) is 0 Å². The van der Waals surface area contributed by atoms with E-state index in [4.69, 9.17) is 5.11 Å². The third-order valence-corrected chi connectivity index (χ3v) is 3.72.